The molecule has 0 saturated carbocycles. The highest BCUT2D eigenvalue weighted by atomic mass is 35.5. The molecule has 0 bridgehead atoms. The van der Waals surface area contributed by atoms with E-state index in [1.807, 2.05) is 0 Å². The summed E-state index contributed by atoms with van der Waals surface area (Å²) in [6.07, 6.45) is 1.47. The molecule has 0 aliphatic carbocycles. The summed E-state index contributed by atoms with van der Waals surface area (Å²) in [6, 6.07) is 5.10. The van der Waals surface area contributed by atoms with Crippen LogP contribution in [0.2, 0.25) is 5.02 Å². The van der Waals surface area contributed by atoms with Crippen molar-refractivity contribution in [2.45, 2.75) is 12.8 Å². The Morgan fingerprint density at radius 2 is 2.18 bits per heavy atom. The number of ketones is 1. The minimum Gasteiger partial charge on any atom is -0.481 e. The lowest BCUT2D eigenvalue weighted by molar-refractivity contribution is -0.138. The standard InChI is InChI=1S/C15H11ClN2O3S/c1-7(15(20)21)12-9-4-8(16)2-3-10(9)18-13(12)14(19)11-5-17-6-22-11/h2-7,18H,1H3,(H,20,21). The average Bonchev–Trinajstić information content (AvgIpc) is 3.12. The molecule has 0 fully saturated rings. The molecule has 0 radical (unpaired) electrons. The zero-order valence-electron chi connectivity index (χ0n) is 11.5. The van der Waals surface area contributed by atoms with Gasteiger partial charge in [-0.2, -0.15) is 0 Å². The summed E-state index contributed by atoms with van der Waals surface area (Å²) in [7, 11) is 0. The first kappa shape index (κ1) is 14.7. The highest BCUT2D eigenvalue weighted by molar-refractivity contribution is 7.11. The molecule has 1 unspecified atom stereocenters. The Morgan fingerprint density at radius 3 is 2.82 bits per heavy atom. The predicted molar refractivity (Wildman–Crippen MR) is 84.9 cm³/mol. The van der Waals surface area contributed by atoms with E-state index in [1.54, 1.807) is 30.6 Å². The minimum atomic E-state index is -1.00. The monoisotopic (exact) mass is 334 g/mol. The van der Waals surface area contributed by atoms with Gasteiger partial charge in [-0.25, -0.2) is 0 Å². The summed E-state index contributed by atoms with van der Waals surface area (Å²) in [5.74, 6) is -2.10. The Bertz CT molecular complexity index is 870. The van der Waals surface area contributed by atoms with Gasteiger partial charge in [0, 0.05) is 27.7 Å². The van der Waals surface area contributed by atoms with Crippen LogP contribution < -0.4 is 0 Å². The Kier molecular flexibility index (Phi) is 3.72. The number of fused-ring (bicyclic) bond motifs is 1. The maximum absolute atomic E-state index is 12.6. The van der Waals surface area contributed by atoms with Crippen molar-refractivity contribution in [1.29, 1.82) is 0 Å². The third-order valence-corrected chi connectivity index (χ3v) is 4.49. The van der Waals surface area contributed by atoms with Gasteiger partial charge in [0.1, 0.15) is 0 Å². The van der Waals surface area contributed by atoms with Crippen LogP contribution in [0.4, 0.5) is 0 Å². The van der Waals surface area contributed by atoms with Crippen molar-refractivity contribution in [3.63, 3.8) is 0 Å². The van der Waals surface area contributed by atoms with Crippen molar-refractivity contribution in [3.05, 3.63) is 51.1 Å². The second kappa shape index (κ2) is 5.55. The lowest BCUT2D eigenvalue weighted by Crippen LogP contribution is -2.12. The number of carbonyl (C=O) groups is 2. The van der Waals surface area contributed by atoms with Gasteiger partial charge in [-0.3, -0.25) is 14.6 Å². The average molecular weight is 335 g/mol. The molecule has 7 heteroatoms. The van der Waals surface area contributed by atoms with E-state index in [0.29, 0.717) is 26.4 Å². The summed E-state index contributed by atoms with van der Waals surface area (Å²) in [5.41, 5.74) is 2.97. The van der Waals surface area contributed by atoms with Gasteiger partial charge in [-0.05, 0) is 25.1 Å². The van der Waals surface area contributed by atoms with Crippen LogP contribution in [0.1, 0.15) is 33.8 Å². The second-order valence-electron chi connectivity index (χ2n) is 4.86. The Labute approximate surface area is 134 Å². The molecular formula is C15H11ClN2O3S. The molecule has 5 nitrogen and oxygen atoms in total. The van der Waals surface area contributed by atoms with E-state index in [-0.39, 0.29) is 11.5 Å². The van der Waals surface area contributed by atoms with Crippen molar-refractivity contribution in [3.8, 4) is 0 Å². The number of aromatic nitrogens is 2. The Morgan fingerprint density at radius 1 is 1.41 bits per heavy atom. The fraction of sp³-hybridized carbons (Fsp3) is 0.133. The molecule has 0 amide bonds. The molecule has 0 spiro atoms. The third-order valence-electron chi connectivity index (χ3n) is 3.49. The molecule has 22 heavy (non-hydrogen) atoms. The molecule has 2 heterocycles. The van der Waals surface area contributed by atoms with Crippen LogP contribution in [0.15, 0.2) is 29.9 Å². The zero-order valence-corrected chi connectivity index (χ0v) is 13.0. The summed E-state index contributed by atoms with van der Waals surface area (Å²) in [6.45, 7) is 1.55. The van der Waals surface area contributed by atoms with Crippen LogP contribution in [0.3, 0.4) is 0 Å². The van der Waals surface area contributed by atoms with Crippen molar-refractivity contribution >= 4 is 45.6 Å². The van der Waals surface area contributed by atoms with Gasteiger partial charge in [0.25, 0.3) is 0 Å². The Hall–Kier alpha value is -2.18. The van der Waals surface area contributed by atoms with E-state index in [2.05, 4.69) is 9.97 Å². The molecule has 2 N–H and O–H groups in total. The van der Waals surface area contributed by atoms with Gasteiger partial charge in [0.2, 0.25) is 5.78 Å². The number of carbonyl (C=O) groups excluding carboxylic acids is 1. The third kappa shape index (κ3) is 2.40. The number of thiazole rings is 1. The number of aliphatic carboxylic acids is 1. The van der Waals surface area contributed by atoms with Crippen molar-refractivity contribution in [2.75, 3.05) is 0 Å². The molecule has 1 atom stereocenters. The largest absolute Gasteiger partial charge is 0.481 e. The van der Waals surface area contributed by atoms with E-state index in [9.17, 15) is 14.7 Å². The fourth-order valence-corrected chi connectivity index (χ4v) is 3.13. The lowest BCUT2D eigenvalue weighted by Gasteiger charge is -2.08. The van der Waals surface area contributed by atoms with Gasteiger partial charge < -0.3 is 10.1 Å². The van der Waals surface area contributed by atoms with Crippen molar-refractivity contribution in [2.24, 2.45) is 0 Å². The highest BCUT2D eigenvalue weighted by Gasteiger charge is 2.27. The summed E-state index contributed by atoms with van der Waals surface area (Å²) in [5, 5.41) is 10.5. The molecule has 3 rings (SSSR count). The molecule has 112 valence electrons. The molecule has 3 aromatic rings. The van der Waals surface area contributed by atoms with Crippen LogP contribution in [-0.2, 0) is 4.79 Å². The zero-order chi connectivity index (χ0) is 15.9. The maximum Gasteiger partial charge on any atom is 0.310 e. The molecular weight excluding hydrogens is 324 g/mol. The van der Waals surface area contributed by atoms with Crippen LogP contribution in [0, 0.1) is 0 Å². The van der Waals surface area contributed by atoms with Crippen LogP contribution in [-0.4, -0.2) is 26.8 Å². The van der Waals surface area contributed by atoms with E-state index >= 15 is 0 Å². The van der Waals surface area contributed by atoms with Gasteiger partial charge >= 0.3 is 5.97 Å². The summed E-state index contributed by atoms with van der Waals surface area (Å²) < 4.78 is 0. The van der Waals surface area contributed by atoms with Crippen molar-refractivity contribution in [1.82, 2.24) is 9.97 Å². The van der Waals surface area contributed by atoms with Crippen LogP contribution >= 0.6 is 22.9 Å². The smallest absolute Gasteiger partial charge is 0.310 e. The number of halogens is 1. The van der Waals surface area contributed by atoms with Gasteiger partial charge in [-0.15, -0.1) is 11.3 Å². The number of H-pyrrole nitrogens is 1. The van der Waals surface area contributed by atoms with E-state index in [4.69, 9.17) is 11.6 Å². The number of hydrogen-bond acceptors (Lipinski definition) is 4. The van der Waals surface area contributed by atoms with E-state index < -0.39 is 11.9 Å². The summed E-state index contributed by atoms with van der Waals surface area (Å²) >= 11 is 7.22. The highest BCUT2D eigenvalue weighted by Crippen LogP contribution is 2.33. The van der Waals surface area contributed by atoms with E-state index in [1.165, 1.54) is 17.5 Å². The quantitative estimate of drug-likeness (QED) is 0.713. The number of nitrogens with one attached hydrogen (secondary N) is 1. The van der Waals surface area contributed by atoms with Gasteiger partial charge in [0.15, 0.2) is 0 Å². The number of carboxylic acids is 1. The first-order valence-electron chi connectivity index (χ1n) is 6.46. The first-order chi connectivity index (χ1) is 10.5. The fourth-order valence-electron chi connectivity index (χ4n) is 2.39. The van der Waals surface area contributed by atoms with Crippen LogP contribution in [0.25, 0.3) is 10.9 Å². The number of benzene rings is 1. The van der Waals surface area contributed by atoms with Crippen molar-refractivity contribution < 1.29 is 14.7 Å². The normalized spacial score (nSPS) is 12.5. The molecule has 0 aliphatic heterocycles. The second-order valence-corrected chi connectivity index (χ2v) is 6.18. The van der Waals surface area contributed by atoms with E-state index in [0.717, 1.165) is 0 Å². The van der Waals surface area contributed by atoms with Crippen LogP contribution in [0.5, 0.6) is 0 Å². The number of carboxylic acid groups (broad SMARTS) is 1. The number of aromatic amines is 1. The molecule has 2 aromatic heterocycles. The first-order valence-corrected chi connectivity index (χ1v) is 7.72. The molecule has 0 saturated heterocycles. The summed E-state index contributed by atoms with van der Waals surface area (Å²) in [4.78, 5) is 31.4. The topological polar surface area (TPSA) is 83.0 Å². The number of nitrogens with zero attached hydrogens (tertiary/aromatic N) is 1. The minimum absolute atomic E-state index is 0.266. The lowest BCUT2D eigenvalue weighted by atomic mass is 9.96. The number of rotatable bonds is 4. The number of hydrogen-bond donors (Lipinski definition) is 2. The van der Waals surface area contributed by atoms with Gasteiger partial charge in [-0.1, -0.05) is 11.6 Å². The van der Waals surface area contributed by atoms with Gasteiger partial charge in [0.05, 0.1) is 22.0 Å². The Balaban J connectivity index is 2.27. The molecule has 1 aromatic carbocycles. The maximum atomic E-state index is 12.6. The predicted octanol–water partition coefficient (Wildman–Crippen LogP) is 3.70. The molecule has 0 aliphatic rings. The SMILES string of the molecule is CC(C(=O)O)c1c(C(=O)c2cncs2)[nH]c2ccc(Cl)cc12.